The number of nitrogens with one attached hydrogen (secondary N) is 1. The Morgan fingerprint density at radius 2 is 1.84 bits per heavy atom. The van der Waals surface area contributed by atoms with Gasteiger partial charge in [0.1, 0.15) is 33.8 Å². The number of piperidine rings is 1. The molecule has 18 heteroatoms. The highest BCUT2D eigenvalue weighted by Gasteiger charge is 2.46. The molecule has 334 valence electrons. The maximum absolute atomic E-state index is 17.8. The van der Waals surface area contributed by atoms with Gasteiger partial charge in [-0.1, -0.05) is 27.7 Å². The summed E-state index contributed by atoms with van der Waals surface area (Å²) in [6, 6.07) is 7.30. The lowest BCUT2D eigenvalue weighted by Gasteiger charge is -2.45. The zero-order valence-corrected chi connectivity index (χ0v) is 38.5. The van der Waals surface area contributed by atoms with Crippen molar-refractivity contribution in [2.75, 3.05) is 63.2 Å². The molecule has 12 nitrogen and oxygen atoms in total. The number of halogens is 4. The Hall–Kier alpha value is -4.59. The van der Waals surface area contributed by atoms with Crippen LogP contribution in [0.25, 0.3) is 32.1 Å². The normalized spacial score (nSPS) is 22.7. The molecule has 2 aliphatic rings. The largest absolute Gasteiger partial charge is 0.463 e. The number of ether oxygens (including phenoxy) is 3. The second-order valence-electron chi connectivity index (χ2n) is 19.2. The lowest BCUT2D eigenvalue weighted by Crippen LogP contribution is -2.54. The van der Waals surface area contributed by atoms with Crippen LogP contribution in [0, 0.1) is 45.6 Å². The van der Waals surface area contributed by atoms with Crippen LogP contribution in [-0.4, -0.2) is 99.9 Å². The Labute approximate surface area is 369 Å². The van der Waals surface area contributed by atoms with Gasteiger partial charge in [-0.2, -0.15) is 20.5 Å². The van der Waals surface area contributed by atoms with Gasteiger partial charge < -0.3 is 28.4 Å². The van der Waals surface area contributed by atoms with Gasteiger partial charge in [-0.05, 0) is 84.0 Å². The molecule has 62 heavy (non-hydrogen) atoms. The minimum atomic E-state index is -2.82. The minimum absolute atomic E-state index is 0.00492. The first-order valence-corrected chi connectivity index (χ1v) is 24.0. The van der Waals surface area contributed by atoms with Crippen LogP contribution in [0.3, 0.4) is 0 Å². The molecule has 4 heterocycles. The van der Waals surface area contributed by atoms with Crippen LogP contribution >= 0.6 is 11.3 Å². The number of hydrogen-bond acceptors (Lipinski definition) is 12. The number of thiophene rings is 1. The van der Waals surface area contributed by atoms with E-state index >= 15 is 8.78 Å². The number of alkyl halides is 2. The maximum Gasteiger partial charge on any atom is 0.412 e. The summed E-state index contributed by atoms with van der Waals surface area (Å²) < 4.78 is 112. The van der Waals surface area contributed by atoms with Gasteiger partial charge in [-0.15, -0.1) is 11.3 Å². The third-order valence-corrected chi connectivity index (χ3v) is 17.5. The Bertz CT molecular complexity index is 2580. The number of likely N-dealkylation sites (tertiary alicyclic amines) is 1. The van der Waals surface area contributed by atoms with E-state index in [0.717, 1.165) is 22.3 Å². The number of amides is 1. The van der Waals surface area contributed by atoms with Crippen LogP contribution in [0.1, 0.15) is 77.0 Å². The summed E-state index contributed by atoms with van der Waals surface area (Å²) in [7, 11) is -2.44. The van der Waals surface area contributed by atoms with E-state index in [1.807, 2.05) is 19.1 Å². The highest BCUT2D eigenvalue weighted by molar-refractivity contribution is 7.23. The summed E-state index contributed by atoms with van der Waals surface area (Å²) >= 11 is 0.925. The van der Waals surface area contributed by atoms with Crippen molar-refractivity contribution in [2.45, 2.75) is 97.6 Å². The predicted octanol–water partition coefficient (Wildman–Crippen LogP) is 10.1. The van der Waals surface area contributed by atoms with E-state index in [2.05, 4.69) is 44.2 Å². The van der Waals surface area contributed by atoms with Gasteiger partial charge in [0.2, 0.25) is 6.43 Å². The topological polar surface area (TPSA) is 146 Å². The predicted molar refractivity (Wildman–Crippen MR) is 234 cm³/mol. The van der Waals surface area contributed by atoms with Gasteiger partial charge in [-0.25, -0.2) is 22.4 Å². The van der Waals surface area contributed by atoms with Crippen LogP contribution in [0.15, 0.2) is 18.2 Å². The molecule has 6 rings (SSSR count). The van der Waals surface area contributed by atoms with Gasteiger partial charge in [0.25, 0.3) is 0 Å². The number of nitrogens with zero attached hydrogens (tertiary/aromatic N) is 6. The summed E-state index contributed by atoms with van der Waals surface area (Å²) in [5, 5.41) is 23.4. The van der Waals surface area contributed by atoms with Gasteiger partial charge >= 0.3 is 12.1 Å². The second kappa shape index (κ2) is 17.2. The van der Waals surface area contributed by atoms with Crippen LogP contribution < -0.4 is 15.0 Å². The van der Waals surface area contributed by atoms with Crippen molar-refractivity contribution in [1.82, 2.24) is 14.9 Å². The molecule has 2 aromatic heterocycles. The van der Waals surface area contributed by atoms with Crippen molar-refractivity contribution in [3.63, 3.8) is 0 Å². The first kappa shape index (κ1) is 42.7. The SMILES string of the molecule is [2H]C([2H])([2H])N1CC[C@H](C(F)F)[C@](C)(COc2nc(N3CCOC[C@@](C)(O[Si](C)(C)C(C)(C)C)C3)c3cc(C#N)c(-c4c(F)ccc5sc(NC(=O)OC(C)(C)C)c(C#N)c45)c(F)c3n2)C1. The number of carbonyl (C=O) groups excluding carboxylic acids is 1. The number of hydrogen-bond donors (Lipinski definition) is 1. The molecule has 0 spiro atoms. The standard InChI is InChI=1S/C44H55F4N7O5SSi/c1-41(2,3)59-40(56)53-38-27(20-50)32-30(61-38)13-12-29(45)33(32)31-25(19-49)18-26-35(34(31)46)51-39(58-23-43(7)21-54(9)15-14-28(43)36(47)48)52-37(26)55-16-17-57-24-44(8,22-55)60-62(10,11)42(4,5)6/h12-13,18,28,36H,14-17,21-24H2,1-11H3,(H,53,56)/t28-,43+,44+/m1/s1/i9D3. The van der Waals surface area contributed by atoms with E-state index in [1.54, 1.807) is 25.7 Å². The number of fused-ring (bicyclic) bond motifs is 2. The third kappa shape index (κ3) is 9.50. The molecule has 2 aliphatic heterocycles. The molecule has 0 unspecified atom stereocenters. The van der Waals surface area contributed by atoms with E-state index in [0.29, 0.717) is 0 Å². The van der Waals surface area contributed by atoms with E-state index in [4.69, 9.17) is 27.7 Å². The Balaban J connectivity index is 1.57. The van der Waals surface area contributed by atoms with Crippen molar-refractivity contribution >= 4 is 57.6 Å². The van der Waals surface area contributed by atoms with Gasteiger partial charge in [-0.3, -0.25) is 5.32 Å². The van der Waals surface area contributed by atoms with Crippen LogP contribution in [-0.2, 0) is 13.9 Å². The molecule has 2 aromatic carbocycles. The minimum Gasteiger partial charge on any atom is -0.463 e. The zero-order chi connectivity index (χ0) is 48.2. The van der Waals surface area contributed by atoms with Crippen LogP contribution in [0.2, 0.25) is 18.1 Å². The maximum atomic E-state index is 17.8. The molecular weight excluding hydrogens is 843 g/mol. The van der Waals surface area contributed by atoms with Crippen LogP contribution in [0.4, 0.5) is 33.2 Å². The average molecular weight is 901 g/mol. The lowest BCUT2D eigenvalue weighted by atomic mass is 9.73. The summed E-state index contributed by atoms with van der Waals surface area (Å²) in [4.78, 5) is 25.0. The first-order chi connectivity index (χ1) is 30.0. The van der Waals surface area contributed by atoms with E-state index in [-0.39, 0.29) is 88.3 Å². The lowest BCUT2D eigenvalue weighted by molar-refractivity contribution is -0.0679. The fourth-order valence-corrected chi connectivity index (χ4v) is 10.6. The summed E-state index contributed by atoms with van der Waals surface area (Å²) in [6.45, 7) is 16.2. The fourth-order valence-electron chi connectivity index (χ4n) is 7.92. The molecule has 1 amide bonds. The van der Waals surface area contributed by atoms with Gasteiger partial charge in [0.05, 0.1) is 42.6 Å². The highest BCUT2D eigenvalue weighted by Crippen LogP contribution is 2.47. The third-order valence-electron chi connectivity index (χ3n) is 11.8. The smallest absolute Gasteiger partial charge is 0.412 e. The molecule has 0 radical (unpaired) electrons. The highest BCUT2D eigenvalue weighted by atomic mass is 32.1. The van der Waals surface area contributed by atoms with Crippen molar-refractivity contribution < 1.29 is 45.1 Å². The average Bonchev–Trinajstić information content (AvgIpc) is 3.41. The summed E-state index contributed by atoms with van der Waals surface area (Å²) in [6.07, 6.45) is -3.83. The number of rotatable bonds is 9. The molecule has 0 saturated carbocycles. The van der Waals surface area contributed by atoms with Gasteiger partial charge in [0, 0.05) is 61.7 Å². The summed E-state index contributed by atoms with van der Waals surface area (Å²) in [5.74, 6) is -3.34. The van der Waals surface area contributed by atoms with Crippen LogP contribution in [0.5, 0.6) is 6.01 Å². The Morgan fingerprint density at radius 1 is 1.11 bits per heavy atom. The number of aromatic nitrogens is 2. The molecule has 3 atom stereocenters. The number of nitriles is 2. The second-order valence-corrected chi connectivity index (χ2v) is 24.9. The fraction of sp³-hybridized carbons (Fsp3) is 0.568. The Morgan fingerprint density at radius 3 is 2.47 bits per heavy atom. The number of carbonyl (C=O) groups is 1. The Kier molecular flexibility index (Phi) is 11.8. The number of benzene rings is 2. The first-order valence-electron chi connectivity index (χ1n) is 21.8. The summed E-state index contributed by atoms with van der Waals surface area (Å²) in [5.41, 5.74) is -5.18. The quantitative estimate of drug-likeness (QED) is 0.127. The molecule has 0 aliphatic carbocycles. The number of anilines is 2. The molecule has 1 N–H and O–H groups in total. The zero-order valence-electron chi connectivity index (χ0n) is 39.7. The molecular formula is C44H55F4N7O5SSi. The molecule has 4 aromatic rings. The molecule has 2 fully saturated rings. The van der Waals surface area contributed by atoms with Crippen molar-refractivity contribution in [3.05, 3.63) is 41.0 Å². The van der Waals surface area contributed by atoms with E-state index in [1.165, 1.54) is 19.1 Å². The van der Waals surface area contributed by atoms with E-state index < -0.39 is 91.2 Å². The van der Waals surface area contributed by atoms with Crippen molar-refractivity contribution in [3.8, 4) is 29.3 Å². The van der Waals surface area contributed by atoms with E-state index in [9.17, 15) is 24.1 Å². The van der Waals surface area contributed by atoms with Gasteiger partial charge in [0.15, 0.2) is 14.1 Å². The van der Waals surface area contributed by atoms with Crippen molar-refractivity contribution in [1.29, 1.82) is 10.5 Å². The van der Waals surface area contributed by atoms with Crippen molar-refractivity contribution in [2.24, 2.45) is 11.3 Å². The molecule has 2 saturated heterocycles. The monoisotopic (exact) mass is 900 g/mol. The molecule has 0 bridgehead atoms.